The van der Waals surface area contributed by atoms with E-state index in [2.05, 4.69) is 10.6 Å². The van der Waals surface area contributed by atoms with Crippen molar-refractivity contribution in [2.45, 2.75) is 18.9 Å². The Morgan fingerprint density at radius 2 is 2.32 bits per heavy atom. The van der Waals surface area contributed by atoms with Crippen molar-refractivity contribution in [3.63, 3.8) is 0 Å². The highest BCUT2D eigenvalue weighted by molar-refractivity contribution is 5.65. The number of halogens is 1. The fourth-order valence-electron chi connectivity index (χ4n) is 2.20. The van der Waals surface area contributed by atoms with E-state index in [1.54, 1.807) is 0 Å². The van der Waals surface area contributed by atoms with Crippen molar-refractivity contribution in [3.8, 4) is 5.75 Å². The summed E-state index contributed by atoms with van der Waals surface area (Å²) in [7, 11) is 1.33. The molecule has 1 fully saturated rings. The van der Waals surface area contributed by atoms with Crippen molar-refractivity contribution in [1.29, 1.82) is 0 Å². The molecule has 1 aromatic carbocycles. The molecule has 0 saturated carbocycles. The molecule has 19 heavy (non-hydrogen) atoms. The normalized spacial score (nSPS) is 22.3. The maximum Gasteiger partial charge on any atom is 0.295 e. The molecule has 0 aliphatic carbocycles. The van der Waals surface area contributed by atoms with E-state index in [1.165, 1.54) is 13.2 Å². The van der Waals surface area contributed by atoms with Gasteiger partial charge in [0, 0.05) is 18.2 Å². The number of rotatable bonds is 4. The Morgan fingerprint density at radius 3 is 2.84 bits per heavy atom. The van der Waals surface area contributed by atoms with E-state index < -0.39 is 10.7 Å². The summed E-state index contributed by atoms with van der Waals surface area (Å²) in [6.07, 6.45) is 0.837. The summed E-state index contributed by atoms with van der Waals surface area (Å²) in [5, 5.41) is 17.3. The first-order chi connectivity index (χ1) is 8.95. The summed E-state index contributed by atoms with van der Waals surface area (Å²) >= 11 is 0. The van der Waals surface area contributed by atoms with E-state index in [-0.39, 0.29) is 22.7 Å². The van der Waals surface area contributed by atoms with Crippen LogP contribution in [0.5, 0.6) is 5.75 Å². The topological polar surface area (TPSA) is 76.4 Å². The van der Waals surface area contributed by atoms with E-state index in [0.717, 1.165) is 19.0 Å². The quantitative estimate of drug-likeness (QED) is 0.645. The Kier molecular flexibility index (Phi) is 3.57. The van der Waals surface area contributed by atoms with Gasteiger partial charge in [-0.2, -0.15) is 0 Å². The zero-order valence-electron chi connectivity index (χ0n) is 10.8. The number of nitrogens with one attached hydrogen (secondary N) is 2. The molecule has 0 bridgehead atoms. The summed E-state index contributed by atoms with van der Waals surface area (Å²) < 4.78 is 18.4. The molecule has 1 aromatic rings. The fourth-order valence-corrected chi connectivity index (χ4v) is 2.20. The van der Waals surface area contributed by atoms with E-state index in [9.17, 15) is 14.5 Å². The number of nitro benzene ring substituents is 1. The first-order valence-electron chi connectivity index (χ1n) is 5.96. The van der Waals surface area contributed by atoms with Crippen LogP contribution < -0.4 is 15.4 Å². The van der Waals surface area contributed by atoms with Gasteiger partial charge < -0.3 is 15.4 Å². The summed E-state index contributed by atoms with van der Waals surface area (Å²) in [4.78, 5) is 10.4. The van der Waals surface area contributed by atoms with Crippen LogP contribution in [0.15, 0.2) is 12.1 Å². The Bertz CT molecular complexity index is 501. The minimum absolute atomic E-state index is 0.0114. The van der Waals surface area contributed by atoms with Crippen molar-refractivity contribution in [2.24, 2.45) is 0 Å². The molecular formula is C12H16FN3O3. The number of benzene rings is 1. The van der Waals surface area contributed by atoms with Crippen LogP contribution >= 0.6 is 0 Å². The molecule has 2 rings (SSSR count). The van der Waals surface area contributed by atoms with E-state index in [1.807, 2.05) is 6.92 Å². The molecule has 104 valence electrons. The van der Waals surface area contributed by atoms with Crippen molar-refractivity contribution < 1.29 is 14.1 Å². The monoisotopic (exact) mass is 269 g/mol. The highest BCUT2D eigenvalue weighted by atomic mass is 19.1. The molecule has 1 unspecified atom stereocenters. The van der Waals surface area contributed by atoms with Crippen LogP contribution in [0.2, 0.25) is 0 Å². The molecular weight excluding hydrogens is 253 g/mol. The Morgan fingerprint density at radius 1 is 1.58 bits per heavy atom. The van der Waals surface area contributed by atoms with Gasteiger partial charge >= 0.3 is 0 Å². The lowest BCUT2D eigenvalue weighted by atomic mass is 10.0. The van der Waals surface area contributed by atoms with E-state index in [4.69, 9.17) is 4.74 Å². The number of anilines is 1. The minimum atomic E-state index is -0.741. The third-order valence-electron chi connectivity index (χ3n) is 3.27. The van der Waals surface area contributed by atoms with Gasteiger partial charge in [0.05, 0.1) is 18.1 Å². The molecule has 6 nitrogen and oxygen atoms in total. The van der Waals surface area contributed by atoms with Crippen LogP contribution in [-0.4, -0.2) is 30.7 Å². The Hall–Kier alpha value is -1.89. The lowest BCUT2D eigenvalue weighted by molar-refractivity contribution is -0.384. The average Bonchev–Trinajstić information content (AvgIpc) is 2.77. The summed E-state index contributed by atoms with van der Waals surface area (Å²) in [6, 6.07) is 2.21. The SMILES string of the molecule is COc1cc(NC2(C)CCNC2)c([N+](=O)[O-])cc1F. The van der Waals surface area contributed by atoms with E-state index >= 15 is 0 Å². The Labute approximate surface area is 110 Å². The van der Waals surface area contributed by atoms with Gasteiger partial charge in [-0.1, -0.05) is 0 Å². The van der Waals surface area contributed by atoms with Crippen molar-refractivity contribution in [2.75, 3.05) is 25.5 Å². The van der Waals surface area contributed by atoms with E-state index in [0.29, 0.717) is 6.54 Å². The molecule has 0 amide bonds. The number of methoxy groups -OCH3 is 1. The third kappa shape index (κ3) is 2.76. The van der Waals surface area contributed by atoms with Gasteiger partial charge in [0.15, 0.2) is 11.6 Å². The maximum absolute atomic E-state index is 13.5. The van der Waals surface area contributed by atoms with Crippen LogP contribution in [0.1, 0.15) is 13.3 Å². The summed E-state index contributed by atoms with van der Waals surface area (Å²) in [5.41, 5.74) is -0.297. The minimum Gasteiger partial charge on any atom is -0.494 e. The van der Waals surface area contributed by atoms with Gasteiger partial charge in [-0.3, -0.25) is 10.1 Å². The fraction of sp³-hybridized carbons (Fsp3) is 0.500. The average molecular weight is 269 g/mol. The highest BCUT2D eigenvalue weighted by Crippen LogP contribution is 2.34. The van der Waals surface area contributed by atoms with Gasteiger partial charge in [-0.25, -0.2) is 4.39 Å². The highest BCUT2D eigenvalue weighted by Gasteiger charge is 2.31. The molecule has 0 spiro atoms. The predicted molar refractivity (Wildman–Crippen MR) is 69.1 cm³/mol. The van der Waals surface area contributed by atoms with Crippen molar-refractivity contribution in [1.82, 2.24) is 5.32 Å². The molecule has 7 heteroatoms. The van der Waals surface area contributed by atoms with Gasteiger partial charge in [-0.15, -0.1) is 0 Å². The van der Waals surface area contributed by atoms with Crippen LogP contribution in [0, 0.1) is 15.9 Å². The number of hydrogen-bond donors (Lipinski definition) is 2. The second kappa shape index (κ2) is 5.00. The molecule has 1 saturated heterocycles. The second-order valence-corrected chi connectivity index (χ2v) is 4.87. The lowest BCUT2D eigenvalue weighted by Gasteiger charge is -2.25. The van der Waals surface area contributed by atoms with Gasteiger partial charge in [0.1, 0.15) is 5.69 Å². The zero-order valence-corrected chi connectivity index (χ0v) is 10.8. The molecule has 1 heterocycles. The summed E-state index contributed by atoms with van der Waals surface area (Å²) in [6.45, 7) is 3.51. The first-order valence-corrected chi connectivity index (χ1v) is 5.96. The molecule has 1 aliphatic rings. The third-order valence-corrected chi connectivity index (χ3v) is 3.27. The van der Waals surface area contributed by atoms with Crippen LogP contribution in [-0.2, 0) is 0 Å². The van der Waals surface area contributed by atoms with Crippen LogP contribution in [0.4, 0.5) is 15.8 Å². The largest absolute Gasteiger partial charge is 0.494 e. The molecule has 0 aromatic heterocycles. The number of hydrogen-bond acceptors (Lipinski definition) is 5. The van der Waals surface area contributed by atoms with Crippen molar-refractivity contribution >= 4 is 11.4 Å². The summed E-state index contributed by atoms with van der Waals surface area (Å²) in [5.74, 6) is -0.753. The van der Waals surface area contributed by atoms with Gasteiger partial charge in [0.25, 0.3) is 5.69 Å². The second-order valence-electron chi connectivity index (χ2n) is 4.87. The molecule has 2 N–H and O–H groups in total. The first kappa shape index (κ1) is 13.5. The van der Waals surface area contributed by atoms with Crippen molar-refractivity contribution in [3.05, 3.63) is 28.1 Å². The van der Waals surface area contributed by atoms with Gasteiger partial charge in [0.2, 0.25) is 0 Å². The number of nitro groups is 1. The maximum atomic E-state index is 13.5. The molecule has 1 aliphatic heterocycles. The standard InChI is InChI=1S/C12H16FN3O3/c1-12(3-4-14-7-12)15-9-6-11(19-2)8(13)5-10(9)16(17)18/h5-6,14-15H,3-4,7H2,1-2H3. The molecule has 0 radical (unpaired) electrons. The Balaban J connectivity index is 2.39. The number of nitrogens with zero attached hydrogens (tertiary/aromatic N) is 1. The van der Waals surface area contributed by atoms with Crippen LogP contribution in [0.3, 0.4) is 0 Å². The predicted octanol–water partition coefficient (Wildman–Crippen LogP) is 1.91. The zero-order chi connectivity index (χ0) is 14.0. The van der Waals surface area contributed by atoms with Gasteiger partial charge in [-0.05, 0) is 19.9 Å². The smallest absolute Gasteiger partial charge is 0.295 e. The molecule has 1 atom stereocenters. The van der Waals surface area contributed by atoms with Crippen LogP contribution in [0.25, 0.3) is 0 Å². The number of ether oxygens (including phenoxy) is 1. The lowest BCUT2D eigenvalue weighted by Crippen LogP contribution is -2.37.